The highest BCUT2D eigenvalue weighted by Crippen LogP contribution is 2.37. The van der Waals surface area contributed by atoms with Crippen LogP contribution in [0.1, 0.15) is 31.0 Å². The molecule has 4 rings (SSSR count). The van der Waals surface area contributed by atoms with Gasteiger partial charge in [0.2, 0.25) is 21.8 Å². The summed E-state index contributed by atoms with van der Waals surface area (Å²) in [5, 5.41) is 31.6. The highest BCUT2D eigenvalue weighted by Gasteiger charge is 2.23. The Morgan fingerprint density at radius 1 is 1.18 bits per heavy atom. The van der Waals surface area contributed by atoms with Gasteiger partial charge in [-0.25, -0.2) is 18.2 Å². The Morgan fingerprint density at radius 3 is 2.56 bits per heavy atom. The molecule has 0 aliphatic rings. The molecule has 0 bridgehead atoms. The molecule has 34 heavy (non-hydrogen) atoms. The summed E-state index contributed by atoms with van der Waals surface area (Å²) in [7, 11) is -4.05. The third kappa shape index (κ3) is 5.65. The van der Waals surface area contributed by atoms with E-state index in [1.54, 1.807) is 20.0 Å². The van der Waals surface area contributed by atoms with Crippen LogP contribution in [0.15, 0.2) is 62.9 Å². The third-order valence-electron chi connectivity index (χ3n) is 4.74. The van der Waals surface area contributed by atoms with Gasteiger partial charge in [-0.3, -0.25) is 0 Å². The lowest BCUT2D eigenvalue weighted by molar-refractivity contribution is 0.0737. The first-order valence-electron chi connectivity index (χ1n) is 9.99. The molecule has 2 heterocycles. The van der Waals surface area contributed by atoms with Crippen molar-refractivity contribution in [2.45, 2.75) is 41.5 Å². The van der Waals surface area contributed by atoms with Gasteiger partial charge in [-0.1, -0.05) is 47.1 Å². The molecule has 2 aromatic heterocycles. The number of aliphatic hydroxyl groups is 1. The first kappa shape index (κ1) is 24.4. The number of rotatable bonds is 8. The van der Waals surface area contributed by atoms with Gasteiger partial charge in [0.05, 0.1) is 21.7 Å². The largest absolute Gasteiger partial charge is 0.419 e. The van der Waals surface area contributed by atoms with Crippen molar-refractivity contribution in [2.75, 3.05) is 0 Å². The highest BCUT2D eigenvalue weighted by molar-refractivity contribution is 7.99. The van der Waals surface area contributed by atoms with E-state index in [9.17, 15) is 13.5 Å². The Kier molecular flexibility index (Phi) is 6.78. The number of primary sulfonamides is 1. The Bertz CT molecular complexity index is 1410. The number of halogens is 1. The number of nitrogens with two attached hydrogens (primary N) is 1. The standard InChI is InChI=1S/C21H21ClN6O4S2/c1-21(2,29)18-10-28(27-24-18)11-19-25-26-20(32-19)14-8-17(34(23,30)31)16(9-15(14)22)33-12-13-6-4-3-5-7-13/h3-10,29H,11-12H2,1-2H3,(H2,23,30,31). The fraction of sp³-hybridized carbons (Fsp3) is 0.238. The van der Waals surface area contributed by atoms with Crippen LogP contribution in [-0.2, 0) is 27.9 Å². The molecular formula is C21H21ClN6O4S2. The lowest BCUT2D eigenvalue weighted by atomic mass is 10.1. The van der Waals surface area contributed by atoms with Gasteiger partial charge in [0.25, 0.3) is 0 Å². The van der Waals surface area contributed by atoms with Gasteiger partial charge in [-0.15, -0.1) is 27.1 Å². The van der Waals surface area contributed by atoms with E-state index in [4.69, 9.17) is 21.2 Å². The fourth-order valence-corrected chi connectivity index (χ4v) is 5.36. The van der Waals surface area contributed by atoms with Gasteiger partial charge in [-0.05, 0) is 31.5 Å². The second-order valence-corrected chi connectivity index (χ2v) is 10.9. The van der Waals surface area contributed by atoms with E-state index in [2.05, 4.69) is 20.5 Å². The van der Waals surface area contributed by atoms with Crippen molar-refractivity contribution >= 4 is 33.4 Å². The van der Waals surface area contributed by atoms with Crippen LogP contribution in [0.3, 0.4) is 0 Å². The lowest BCUT2D eigenvalue weighted by Gasteiger charge is -2.11. The summed E-state index contributed by atoms with van der Waals surface area (Å²) in [6.45, 7) is 3.29. The Labute approximate surface area is 205 Å². The Hall–Kier alpha value is -2.77. The maximum atomic E-state index is 12.3. The van der Waals surface area contributed by atoms with Crippen molar-refractivity contribution in [1.29, 1.82) is 0 Å². The molecule has 2 aromatic carbocycles. The van der Waals surface area contributed by atoms with Crippen LogP contribution in [0.25, 0.3) is 11.5 Å². The van der Waals surface area contributed by atoms with Crippen molar-refractivity contribution in [2.24, 2.45) is 5.14 Å². The smallest absolute Gasteiger partial charge is 0.249 e. The molecule has 178 valence electrons. The van der Waals surface area contributed by atoms with Crippen LogP contribution in [-0.4, -0.2) is 38.7 Å². The number of hydrogen-bond acceptors (Lipinski definition) is 9. The van der Waals surface area contributed by atoms with Gasteiger partial charge in [0.1, 0.15) is 17.8 Å². The molecule has 0 radical (unpaired) electrons. The number of hydrogen-bond donors (Lipinski definition) is 2. The van der Waals surface area contributed by atoms with E-state index in [0.29, 0.717) is 16.3 Å². The van der Waals surface area contributed by atoms with Gasteiger partial charge >= 0.3 is 0 Å². The van der Waals surface area contributed by atoms with Crippen LogP contribution in [0.5, 0.6) is 0 Å². The fourth-order valence-electron chi connectivity index (χ4n) is 2.99. The molecule has 0 unspecified atom stereocenters. The lowest BCUT2D eigenvalue weighted by Crippen LogP contribution is -2.15. The zero-order valence-electron chi connectivity index (χ0n) is 18.2. The molecule has 0 fully saturated rings. The molecule has 13 heteroatoms. The van der Waals surface area contributed by atoms with Crippen molar-refractivity contribution in [3.8, 4) is 11.5 Å². The normalized spacial score (nSPS) is 12.3. The number of thioether (sulfide) groups is 1. The monoisotopic (exact) mass is 520 g/mol. The van der Waals surface area contributed by atoms with Crippen LogP contribution >= 0.6 is 23.4 Å². The summed E-state index contributed by atoms with van der Waals surface area (Å²) >= 11 is 7.77. The van der Waals surface area contributed by atoms with Crippen LogP contribution < -0.4 is 5.14 Å². The molecule has 0 aliphatic heterocycles. The summed E-state index contributed by atoms with van der Waals surface area (Å²) < 4.78 is 31.7. The summed E-state index contributed by atoms with van der Waals surface area (Å²) in [5.41, 5.74) is 0.507. The van der Waals surface area contributed by atoms with Crippen molar-refractivity contribution in [1.82, 2.24) is 25.2 Å². The van der Waals surface area contributed by atoms with Gasteiger partial charge in [-0.2, -0.15) is 0 Å². The number of sulfonamides is 1. The van der Waals surface area contributed by atoms with E-state index < -0.39 is 15.6 Å². The zero-order chi connectivity index (χ0) is 24.5. The van der Waals surface area contributed by atoms with E-state index in [0.717, 1.165) is 5.56 Å². The topological polar surface area (TPSA) is 150 Å². The molecule has 10 nitrogen and oxygen atoms in total. The highest BCUT2D eigenvalue weighted by atomic mass is 35.5. The molecule has 3 N–H and O–H groups in total. The predicted molar refractivity (Wildman–Crippen MR) is 126 cm³/mol. The quantitative estimate of drug-likeness (QED) is 0.334. The van der Waals surface area contributed by atoms with Crippen LogP contribution in [0.2, 0.25) is 5.02 Å². The average molecular weight is 521 g/mol. The molecule has 0 saturated carbocycles. The second kappa shape index (κ2) is 9.47. The average Bonchev–Trinajstić information content (AvgIpc) is 3.42. The molecule has 0 amide bonds. The van der Waals surface area contributed by atoms with Gasteiger partial charge in [0.15, 0.2) is 0 Å². The van der Waals surface area contributed by atoms with Gasteiger partial charge < -0.3 is 9.52 Å². The summed E-state index contributed by atoms with van der Waals surface area (Å²) in [5.74, 6) is 0.763. The van der Waals surface area contributed by atoms with Crippen molar-refractivity contribution in [3.63, 3.8) is 0 Å². The minimum Gasteiger partial charge on any atom is -0.419 e. The summed E-state index contributed by atoms with van der Waals surface area (Å²) in [4.78, 5) is 0.334. The summed E-state index contributed by atoms with van der Waals surface area (Å²) in [6.07, 6.45) is 1.56. The first-order chi connectivity index (χ1) is 16.0. The van der Waals surface area contributed by atoms with E-state index in [1.807, 2.05) is 30.3 Å². The molecule has 0 saturated heterocycles. The SMILES string of the molecule is CC(C)(O)c1cn(Cc2nnc(-c3cc(S(N)(=O)=O)c(SCc4ccccc4)cc3Cl)o2)nn1. The minimum absolute atomic E-state index is 0.0346. The minimum atomic E-state index is -4.05. The van der Waals surface area contributed by atoms with E-state index >= 15 is 0 Å². The van der Waals surface area contributed by atoms with Gasteiger partial charge in [0, 0.05) is 10.6 Å². The number of aromatic nitrogens is 5. The van der Waals surface area contributed by atoms with Crippen molar-refractivity contribution < 1.29 is 17.9 Å². The molecule has 0 spiro atoms. The maximum absolute atomic E-state index is 12.3. The van der Waals surface area contributed by atoms with Crippen LogP contribution in [0, 0.1) is 0 Å². The number of benzene rings is 2. The molecular weight excluding hydrogens is 500 g/mol. The number of nitrogens with zero attached hydrogens (tertiary/aromatic N) is 5. The Balaban J connectivity index is 1.61. The summed E-state index contributed by atoms with van der Waals surface area (Å²) in [6, 6.07) is 12.5. The molecule has 0 atom stereocenters. The third-order valence-corrected chi connectivity index (χ3v) is 7.26. The second-order valence-electron chi connectivity index (χ2n) is 7.96. The molecule has 4 aromatic rings. The maximum Gasteiger partial charge on any atom is 0.249 e. The first-order valence-corrected chi connectivity index (χ1v) is 12.9. The van der Waals surface area contributed by atoms with Crippen molar-refractivity contribution in [3.05, 3.63) is 70.8 Å². The van der Waals surface area contributed by atoms with Crippen LogP contribution in [0.4, 0.5) is 0 Å². The van der Waals surface area contributed by atoms with E-state index in [-0.39, 0.29) is 33.8 Å². The zero-order valence-corrected chi connectivity index (χ0v) is 20.6. The predicted octanol–water partition coefficient (Wildman–Crippen LogP) is 3.20. The van der Waals surface area contributed by atoms with E-state index in [1.165, 1.54) is 28.6 Å². The Morgan fingerprint density at radius 2 is 1.91 bits per heavy atom. The molecule has 0 aliphatic carbocycles.